The third-order valence-electron chi connectivity index (χ3n) is 3.75. The van der Waals surface area contributed by atoms with Crippen molar-refractivity contribution in [2.45, 2.75) is 10.9 Å². The van der Waals surface area contributed by atoms with Gasteiger partial charge in [0.25, 0.3) is 0 Å². The number of nitrogens with one attached hydrogen (secondary N) is 1. The lowest BCUT2D eigenvalue weighted by Crippen LogP contribution is -2.57. The highest BCUT2D eigenvalue weighted by atomic mass is 79.9. The van der Waals surface area contributed by atoms with Crippen molar-refractivity contribution in [3.63, 3.8) is 0 Å². The summed E-state index contributed by atoms with van der Waals surface area (Å²) in [7, 11) is 4.25. The van der Waals surface area contributed by atoms with E-state index in [0.717, 1.165) is 29.1 Å². The maximum absolute atomic E-state index is 4.59. The van der Waals surface area contributed by atoms with Gasteiger partial charge in [0.1, 0.15) is 0 Å². The van der Waals surface area contributed by atoms with E-state index in [4.69, 9.17) is 0 Å². The quantitative estimate of drug-likeness (QED) is 0.801. The van der Waals surface area contributed by atoms with Crippen LogP contribution in [0.15, 0.2) is 52.0 Å². The van der Waals surface area contributed by atoms with Gasteiger partial charge in [0.15, 0.2) is 5.82 Å². The summed E-state index contributed by atoms with van der Waals surface area (Å²) in [5.41, 5.74) is 1.04. The van der Waals surface area contributed by atoms with Crippen LogP contribution in [0.4, 0.5) is 11.5 Å². The smallest absolute Gasteiger partial charge is 0.153 e. The molecule has 1 aliphatic heterocycles. The Morgan fingerprint density at radius 3 is 2.68 bits per heavy atom. The van der Waals surface area contributed by atoms with Gasteiger partial charge >= 0.3 is 0 Å². The molecule has 116 valence electrons. The van der Waals surface area contributed by atoms with Crippen LogP contribution < -0.4 is 9.62 Å². The summed E-state index contributed by atoms with van der Waals surface area (Å²) in [6.07, 6.45) is 1.86. The largest absolute Gasteiger partial charge is 0.352 e. The highest BCUT2D eigenvalue weighted by Gasteiger charge is 2.30. The molecule has 1 aromatic carbocycles. The highest BCUT2D eigenvalue weighted by molar-refractivity contribution is 9.10. The van der Waals surface area contributed by atoms with Crippen LogP contribution >= 0.6 is 27.9 Å². The summed E-state index contributed by atoms with van der Waals surface area (Å²) in [6.45, 7) is 2.04. The maximum Gasteiger partial charge on any atom is 0.153 e. The molecule has 1 fully saturated rings. The molecule has 3 rings (SSSR count). The second-order valence-electron chi connectivity index (χ2n) is 5.56. The molecule has 2 heterocycles. The van der Waals surface area contributed by atoms with Gasteiger partial charge in [0.05, 0.1) is 5.69 Å². The first-order chi connectivity index (χ1) is 10.6. The minimum atomic E-state index is 0.611. The van der Waals surface area contributed by atoms with Crippen molar-refractivity contribution in [2.75, 3.05) is 36.8 Å². The molecule has 0 spiro atoms. The number of pyridine rings is 1. The lowest BCUT2D eigenvalue weighted by atomic mass is 10.1. The number of aromatic nitrogens is 1. The van der Waals surface area contributed by atoms with Gasteiger partial charge < -0.3 is 14.5 Å². The zero-order valence-electron chi connectivity index (χ0n) is 12.7. The van der Waals surface area contributed by atoms with Crippen molar-refractivity contribution in [1.82, 2.24) is 9.88 Å². The molecule has 4 nitrogen and oxygen atoms in total. The fourth-order valence-electron chi connectivity index (χ4n) is 2.32. The Labute approximate surface area is 144 Å². The normalized spacial score (nSPS) is 15.0. The SMILES string of the molecule is CN(C)C1CN(c2ncc(Br)cc2NSc2ccccc2)C1. The second kappa shape index (κ2) is 6.89. The van der Waals surface area contributed by atoms with Crippen LogP contribution in [0, 0.1) is 0 Å². The van der Waals surface area contributed by atoms with Crippen molar-refractivity contribution in [1.29, 1.82) is 0 Å². The van der Waals surface area contributed by atoms with E-state index in [1.54, 1.807) is 11.9 Å². The molecule has 1 aliphatic rings. The summed E-state index contributed by atoms with van der Waals surface area (Å²) < 4.78 is 4.42. The first-order valence-corrected chi connectivity index (χ1v) is 8.79. The third-order valence-corrected chi connectivity index (χ3v) is 5.01. The molecule has 1 N–H and O–H groups in total. The van der Waals surface area contributed by atoms with Gasteiger partial charge in [-0.05, 0) is 60.2 Å². The van der Waals surface area contributed by atoms with Gasteiger partial charge in [-0.15, -0.1) is 0 Å². The third kappa shape index (κ3) is 3.56. The van der Waals surface area contributed by atoms with Crippen molar-refractivity contribution in [3.8, 4) is 0 Å². The lowest BCUT2D eigenvalue weighted by Gasteiger charge is -2.44. The molecule has 0 radical (unpaired) electrons. The number of anilines is 2. The molecule has 22 heavy (non-hydrogen) atoms. The van der Waals surface area contributed by atoms with Crippen LogP contribution in [0.3, 0.4) is 0 Å². The van der Waals surface area contributed by atoms with E-state index in [0.29, 0.717) is 6.04 Å². The Bertz CT molecular complexity index is 629. The summed E-state index contributed by atoms with van der Waals surface area (Å²) >= 11 is 5.12. The van der Waals surface area contributed by atoms with Crippen LogP contribution in [-0.2, 0) is 0 Å². The van der Waals surface area contributed by atoms with Gasteiger partial charge in [0, 0.05) is 34.7 Å². The number of benzene rings is 1. The number of nitrogens with zero attached hydrogens (tertiary/aromatic N) is 3. The number of halogens is 1. The van der Waals surface area contributed by atoms with Crippen molar-refractivity contribution >= 4 is 39.4 Å². The molecule has 1 aromatic heterocycles. The van der Waals surface area contributed by atoms with Crippen molar-refractivity contribution in [2.24, 2.45) is 0 Å². The molecular formula is C16H19BrN4S. The van der Waals surface area contributed by atoms with Crippen LogP contribution in [0.5, 0.6) is 0 Å². The first kappa shape index (κ1) is 15.6. The zero-order valence-corrected chi connectivity index (χ0v) is 15.1. The Morgan fingerprint density at radius 1 is 1.27 bits per heavy atom. The predicted molar refractivity (Wildman–Crippen MR) is 97.5 cm³/mol. The van der Waals surface area contributed by atoms with Crippen LogP contribution in [0.2, 0.25) is 0 Å². The van der Waals surface area contributed by atoms with E-state index in [9.17, 15) is 0 Å². The molecule has 0 atom stereocenters. The van der Waals surface area contributed by atoms with Gasteiger partial charge in [-0.3, -0.25) is 0 Å². The highest BCUT2D eigenvalue weighted by Crippen LogP contribution is 2.33. The predicted octanol–water partition coefficient (Wildman–Crippen LogP) is 3.71. The number of likely N-dealkylation sites (N-methyl/N-ethyl adjacent to an activating group) is 1. The summed E-state index contributed by atoms with van der Waals surface area (Å²) in [6, 6.07) is 13.0. The number of hydrogen-bond acceptors (Lipinski definition) is 5. The molecule has 0 bridgehead atoms. The van der Waals surface area contributed by atoms with Crippen molar-refractivity contribution in [3.05, 3.63) is 47.1 Å². The minimum absolute atomic E-state index is 0.611. The Kier molecular flexibility index (Phi) is 4.90. The fourth-order valence-corrected chi connectivity index (χ4v) is 3.32. The van der Waals surface area contributed by atoms with Crippen LogP contribution in [0.25, 0.3) is 0 Å². The topological polar surface area (TPSA) is 31.4 Å². The summed E-state index contributed by atoms with van der Waals surface area (Å²) in [4.78, 5) is 10.4. The van der Waals surface area contributed by atoms with Gasteiger partial charge in [-0.1, -0.05) is 18.2 Å². The first-order valence-electron chi connectivity index (χ1n) is 7.18. The molecule has 6 heteroatoms. The van der Waals surface area contributed by atoms with E-state index in [1.165, 1.54) is 4.90 Å². The average Bonchev–Trinajstić information content (AvgIpc) is 2.46. The Hall–Kier alpha value is -1.24. The molecule has 0 unspecified atom stereocenters. The molecule has 0 aliphatic carbocycles. The Balaban J connectivity index is 1.71. The second-order valence-corrected chi connectivity index (χ2v) is 7.36. The van der Waals surface area contributed by atoms with Crippen LogP contribution in [0.1, 0.15) is 0 Å². The standard InChI is InChI=1S/C16H19BrN4S/c1-20(2)13-10-21(11-13)16-15(8-12(17)9-18-16)19-22-14-6-4-3-5-7-14/h3-9,13,19H,10-11H2,1-2H3. The molecular weight excluding hydrogens is 360 g/mol. The van der Waals surface area contributed by atoms with Gasteiger partial charge in [0.2, 0.25) is 0 Å². The van der Waals surface area contributed by atoms with E-state index in [-0.39, 0.29) is 0 Å². The molecule has 1 saturated heterocycles. The lowest BCUT2D eigenvalue weighted by molar-refractivity contribution is 0.246. The zero-order chi connectivity index (χ0) is 15.5. The summed E-state index contributed by atoms with van der Waals surface area (Å²) in [5.74, 6) is 1.02. The van der Waals surface area contributed by atoms with E-state index in [1.807, 2.05) is 24.4 Å². The van der Waals surface area contributed by atoms with E-state index < -0.39 is 0 Å². The fraction of sp³-hybridized carbons (Fsp3) is 0.312. The summed E-state index contributed by atoms with van der Waals surface area (Å²) in [5, 5.41) is 0. The van der Waals surface area contributed by atoms with Crippen molar-refractivity contribution < 1.29 is 0 Å². The Morgan fingerprint density at radius 2 is 2.00 bits per heavy atom. The number of hydrogen-bond donors (Lipinski definition) is 1. The molecule has 2 aromatic rings. The molecule has 0 saturated carbocycles. The van der Waals surface area contributed by atoms with Crippen LogP contribution in [-0.4, -0.2) is 43.1 Å². The van der Waals surface area contributed by atoms with E-state index >= 15 is 0 Å². The van der Waals surface area contributed by atoms with E-state index in [2.05, 4.69) is 67.7 Å². The van der Waals surface area contributed by atoms with Gasteiger partial charge in [-0.2, -0.15) is 0 Å². The number of rotatable bonds is 5. The maximum atomic E-state index is 4.59. The van der Waals surface area contributed by atoms with Gasteiger partial charge in [-0.25, -0.2) is 4.98 Å². The minimum Gasteiger partial charge on any atom is -0.352 e. The average molecular weight is 379 g/mol. The monoisotopic (exact) mass is 378 g/mol. The molecule has 0 amide bonds.